The van der Waals surface area contributed by atoms with Crippen molar-refractivity contribution in [1.82, 2.24) is 35.0 Å². The predicted molar refractivity (Wildman–Crippen MR) is 110 cm³/mol. The van der Waals surface area contributed by atoms with Crippen LogP contribution in [0.25, 0.3) is 17.2 Å². The second kappa shape index (κ2) is 8.98. The summed E-state index contributed by atoms with van der Waals surface area (Å²) in [5, 5.41) is 16.6. The summed E-state index contributed by atoms with van der Waals surface area (Å²) in [5.41, 5.74) is 0.0859. The van der Waals surface area contributed by atoms with Gasteiger partial charge in [-0.25, -0.2) is 14.5 Å². The number of esters is 1. The molecule has 0 aliphatic carbocycles. The zero-order valence-corrected chi connectivity index (χ0v) is 17.7. The molecular weight excluding hydrogens is 463 g/mol. The number of benzene rings is 1. The Balaban J connectivity index is 1.61. The Labute approximate surface area is 189 Å². The van der Waals surface area contributed by atoms with Gasteiger partial charge in [0.25, 0.3) is 0 Å². The van der Waals surface area contributed by atoms with Crippen LogP contribution < -0.4 is 0 Å². The Kier molecular flexibility index (Phi) is 6.09. The first-order valence-electron chi connectivity index (χ1n) is 9.58. The molecule has 0 fully saturated rings. The number of ether oxygens (including phenoxy) is 1. The maximum Gasteiger partial charge on any atom is 0.416 e. The normalized spacial score (nSPS) is 11.5. The van der Waals surface area contributed by atoms with E-state index in [0.717, 1.165) is 12.1 Å². The Hall–Kier alpha value is -3.80. The van der Waals surface area contributed by atoms with Gasteiger partial charge in [0.2, 0.25) is 5.82 Å². The van der Waals surface area contributed by atoms with Crippen LogP contribution in [0, 0.1) is 0 Å². The van der Waals surface area contributed by atoms with Crippen LogP contribution in [0.4, 0.5) is 13.2 Å². The van der Waals surface area contributed by atoms with E-state index in [1.54, 1.807) is 19.1 Å². The summed E-state index contributed by atoms with van der Waals surface area (Å²) in [5.74, 6) is -0.234. The molecule has 4 rings (SSSR count). The maximum atomic E-state index is 12.8. The molecule has 13 heteroatoms. The van der Waals surface area contributed by atoms with E-state index in [1.165, 1.54) is 33.9 Å². The van der Waals surface area contributed by atoms with E-state index in [0.29, 0.717) is 11.3 Å². The fourth-order valence-corrected chi connectivity index (χ4v) is 3.13. The summed E-state index contributed by atoms with van der Waals surface area (Å²) in [6.07, 6.45) is -2.93. The number of aromatic nitrogens is 7. The highest BCUT2D eigenvalue weighted by molar-refractivity contribution is 6.32. The van der Waals surface area contributed by atoms with Crippen LogP contribution in [0.15, 0.2) is 48.7 Å². The van der Waals surface area contributed by atoms with Crippen molar-refractivity contribution >= 4 is 17.6 Å². The van der Waals surface area contributed by atoms with E-state index < -0.39 is 17.7 Å². The van der Waals surface area contributed by atoms with E-state index in [1.807, 2.05) is 0 Å². The second-order valence-corrected chi connectivity index (χ2v) is 7.09. The van der Waals surface area contributed by atoms with Crippen LogP contribution in [-0.4, -0.2) is 47.5 Å². The molecule has 0 amide bonds. The Morgan fingerprint density at radius 3 is 2.58 bits per heavy atom. The van der Waals surface area contributed by atoms with Gasteiger partial charge < -0.3 is 4.74 Å². The molecule has 0 atom stereocenters. The summed E-state index contributed by atoms with van der Waals surface area (Å²) in [6, 6.07) is 9.16. The molecule has 0 saturated heterocycles. The summed E-state index contributed by atoms with van der Waals surface area (Å²) < 4.78 is 44.6. The highest BCUT2D eigenvalue weighted by atomic mass is 35.5. The minimum Gasteiger partial charge on any atom is -0.461 e. The van der Waals surface area contributed by atoms with Crippen LogP contribution in [0.2, 0.25) is 5.02 Å². The van der Waals surface area contributed by atoms with Gasteiger partial charge in [-0.1, -0.05) is 23.7 Å². The lowest BCUT2D eigenvalue weighted by Gasteiger charge is -2.07. The number of rotatable bonds is 6. The highest BCUT2D eigenvalue weighted by Crippen LogP contribution is 2.30. The van der Waals surface area contributed by atoms with E-state index >= 15 is 0 Å². The number of tetrazole rings is 1. The van der Waals surface area contributed by atoms with Crippen LogP contribution in [-0.2, 0) is 17.5 Å². The molecule has 0 radical (unpaired) electrons. The number of carbonyl (C=O) groups is 1. The lowest BCUT2D eigenvalue weighted by Crippen LogP contribution is -2.13. The molecule has 0 spiro atoms. The number of hydrogen-bond donors (Lipinski definition) is 0. The molecule has 0 aliphatic rings. The Morgan fingerprint density at radius 1 is 1.15 bits per heavy atom. The van der Waals surface area contributed by atoms with E-state index in [-0.39, 0.29) is 35.5 Å². The quantitative estimate of drug-likeness (QED) is 0.389. The minimum absolute atomic E-state index is 0.0253. The Morgan fingerprint density at radius 2 is 1.91 bits per heavy atom. The van der Waals surface area contributed by atoms with Gasteiger partial charge in [-0.3, -0.25) is 0 Å². The zero-order chi connectivity index (χ0) is 23.6. The molecule has 170 valence electrons. The van der Waals surface area contributed by atoms with E-state index in [9.17, 15) is 18.0 Å². The largest absolute Gasteiger partial charge is 0.461 e. The van der Waals surface area contributed by atoms with Crippen molar-refractivity contribution in [3.05, 3.63) is 70.6 Å². The number of nitrogens with zero attached hydrogens (tertiary/aromatic N) is 7. The number of hydrogen-bond acceptors (Lipinski definition) is 7. The molecule has 9 nitrogen and oxygen atoms in total. The monoisotopic (exact) mass is 477 g/mol. The van der Waals surface area contributed by atoms with Crippen molar-refractivity contribution in [3.63, 3.8) is 0 Å². The van der Waals surface area contributed by atoms with Crippen LogP contribution in [0.3, 0.4) is 0 Å². The van der Waals surface area contributed by atoms with Gasteiger partial charge in [0.15, 0.2) is 11.5 Å². The second-order valence-electron chi connectivity index (χ2n) is 6.68. The summed E-state index contributed by atoms with van der Waals surface area (Å²) in [4.78, 5) is 17.8. The van der Waals surface area contributed by atoms with Crippen molar-refractivity contribution in [2.45, 2.75) is 19.6 Å². The molecule has 4 aromatic rings. The molecule has 33 heavy (non-hydrogen) atoms. The SMILES string of the molecule is CCOC(=O)c1cc(Cn2nnc(-c3ccc(C(F)(F)F)cc3)n2)nn1-c1ncccc1Cl. The molecule has 0 saturated carbocycles. The number of carbonyl (C=O) groups excluding carboxylic acids is 1. The first kappa shape index (κ1) is 22.4. The zero-order valence-electron chi connectivity index (χ0n) is 17.0. The van der Waals surface area contributed by atoms with Crippen molar-refractivity contribution < 1.29 is 22.7 Å². The van der Waals surface area contributed by atoms with Gasteiger partial charge in [0, 0.05) is 11.8 Å². The topological polar surface area (TPSA) is 101 Å². The first-order chi connectivity index (χ1) is 15.8. The smallest absolute Gasteiger partial charge is 0.416 e. The van der Waals surface area contributed by atoms with E-state index in [2.05, 4.69) is 25.5 Å². The molecule has 3 heterocycles. The molecule has 0 bridgehead atoms. The summed E-state index contributed by atoms with van der Waals surface area (Å²) in [7, 11) is 0. The van der Waals surface area contributed by atoms with Crippen LogP contribution in [0.5, 0.6) is 0 Å². The lowest BCUT2D eigenvalue weighted by atomic mass is 10.1. The van der Waals surface area contributed by atoms with Gasteiger partial charge in [-0.05, 0) is 42.5 Å². The van der Waals surface area contributed by atoms with Crippen molar-refractivity contribution in [2.75, 3.05) is 6.61 Å². The third-order valence-corrected chi connectivity index (χ3v) is 4.71. The van der Waals surface area contributed by atoms with Gasteiger partial charge >= 0.3 is 12.1 Å². The molecule has 0 N–H and O–H groups in total. The van der Waals surface area contributed by atoms with Crippen molar-refractivity contribution in [1.29, 1.82) is 0 Å². The molecule has 0 unspecified atom stereocenters. The van der Waals surface area contributed by atoms with E-state index in [4.69, 9.17) is 16.3 Å². The average molecular weight is 478 g/mol. The Bertz CT molecular complexity index is 1290. The van der Waals surface area contributed by atoms with Crippen LogP contribution in [0.1, 0.15) is 28.7 Å². The molecule has 1 aromatic carbocycles. The average Bonchev–Trinajstić information content (AvgIpc) is 3.41. The van der Waals surface area contributed by atoms with Crippen molar-refractivity contribution in [2.24, 2.45) is 0 Å². The first-order valence-corrected chi connectivity index (χ1v) is 9.96. The van der Waals surface area contributed by atoms with Gasteiger partial charge in [-0.2, -0.15) is 23.1 Å². The standard InChI is InChI=1S/C20H15ClF3N7O2/c1-2-33-19(32)16-10-14(27-31(16)18-15(21)4-3-9-25-18)11-30-28-17(26-29-30)12-5-7-13(8-6-12)20(22,23)24/h3-10H,2,11H2,1H3. The number of halogens is 4. The lowest BCUT2D eigenvalue weighted by molar-refractivity contribution is -0.137. The molecular formula is C20H15ClF3N7O2. The number of pyridine rings is 1. The summed E-state index contributed by atoms with van der Waals surface area (Å²) >= 11 is 6.21. The third-order valence-electron chi connectivity index (χ3n) is 4.41. The van der Waals surface area contributed by atoms with Crippen LogP contribution >= 0.6 is 11.6 Å². The fourth-order valence-electron chi connectivity index (χ4n) is 2.93. The summed E-state index contributed by atoms with van der Waals surface area (Å²) in [6.45, 7) is 1.86. The third kappa shape index (κ3) is 4.85. The highest BCUT2D eigenvalue weighted by Gasteiger charge is 2.30. The van der Waals surface area contributed by atoms with Crippen molar-refractivity contribution in [3.8, 4) is 17.2 Å². The van der Waals surface area contributed by atoms with Gasteiger partial charge in [0.05, 0.1) is 22.9 Å². The van der Waals surface area contributed by atoms with Gasteiger partial charge in [0.1, 0.15) is 6.54 Å². The molecule has 0 aliphatic heterocycles. The fraction of sp³-hybridized carbons (Fsp3) is 0.200. The predicted octanol–water partition coefficient (Wildman–Crippen LogP) is 3.82. The number of alkyl halides is 3. The minimum atomic E-state index is -4.43. The van der Waals surface area contributed by atoms with Gasteiger partial charge in [-0.15, -0.1) is 10.2 Å². The molecule has 3 aromatic heterocycles. The maximum absolute atomic E-state index is 12.8.